The lowest BCUT2D eigenvalue weighted by molar-refractivity contribution is -0.145. The molecule has 0 heterocycles. The standard InChI is InChI=1S/C49H63N5O10/c1-29(2)22-41(48(62)63-4)54-47(61)40(23-30-8-6-5-7-9-30)52-44(58)27-50-43(57)26-51-46(60)39(24-31-10-13-33(55)14-11-31)53-45(59)28-64-34-15-17-35-32(25-34)12-16-37-36(35)20-21-49(3)38(37)18-19-42(49)56/h5-11,13-15,17,25,29,36-42,55-56H,12,16,18-24,26-28H2,1-4H3,(H,50,57)(H,51,60)(H,52,58)(H,53,59)(H,54,61)/t36-,37-,38+,39+,40+,41+,42+,49+/m1/s1. The summed E-state index contributed by atoms with van der Waals surface area (Å²) in [4.78, 5) is 78.6. The van der Waals surface area contributed by atoms with Crippen molar-refractivity contribution in [1.82, 2.24) is 26.6 Å². The number of methoxy groups -OCH3 is 1. The number of hydrogen-bond donors (Lipinski definition) is 7. The Labute approximate surface area is 374 Å². The van der Waals surface area contributed by atoms with Crippen LogP contribution in [-0.4, -0.2) is 96.8 Å². The SMILES string of the molecule is COC(=O)[C@H](CC(C)C)NC(=O)[C@H](Cc1ccccc1)NC(=O)CNC(=O)CNC(=O)[C@H](Cc1ccc(O)cc1)NC(=O)COc1ccc2c(c1)CC[C@@H]1[C@@H]2CC[C@]2(C)[C@@H](O)CC[C@@H]12. The van der Waals surface area contributed by atoms with E-state index in [9.17, 15) is 39.0 Å². The van der Waals surface area contributed by atoms with Gasteiger partial charge in [-0.2, -0.15) is 0 Å². The first-order valence-electron chi connectivity index (χ1n) is 22.4. The Morgan fingerprint density at radius 3 is 2.12 bits per heavy atom. The van der Waals surface area contributed by atoms with Gasteiger partial charge in [0.05, 0.1) is 26.3 Å². The molecule has 6 rings (SSSR count). The Morgan fingerprint density at radius 2 is 1.42 bits per heavy atom. The number of amides is 5. The van der Waals surface area contributed by atoms with Crippen LogP contribution in [0.3, 0.4) is 0 Å². The van der Waals surface area contributed by atoms with E-state index >= 15 is 0 Å². The Balaban J connectivity index is 1.01. The average Bonchev–Trinajstić information content (AvgIpc) is 3.59. The number of phenols is 1. The van der Waals surface area contributed by atoms with Crippen LogP contribution in [-0.2, 0) is 52.8 Å². The Hall–Kier alpha value is -5.96. The summed E-state index contributed by atoms with van der Waals surface area (Å²) < 4.78 is 10.8. The summed E-state index contributed by atoms with van der Waals surface area (Å²) in [7, 11) is 1.23. The highest BCUT2D eigenvalue weighted by Crippen LogP contribution is 2.61. The average molecular weight is 882 g/mol. The van der Waals surface area contributed by atoms with Crippen molar-refractivity contribution >= 4 is 35.5 Å². The van der Waals surface area contributed by atoms with Crippen LogP contribution in [0.5, 0.6) is 11.5 Å². The number of rotatable bonds is 19. The van der Waals surface area contributed by atoms with Crippen molar-refractivity contribution in [2.75, 3.05) is 26.8 Å². The fourth-order valence-corrected chi connectivity index (χ4v) is 10.0. The van der Waals surface area contributed by atoms with Crippen molar-refractivity contribution in [2.45, 2.75) is 109 Å². The van der Waals surface area contributed by atoms with E-state index in [0.29, 0.717) is 35.5 Å². The van der Waals surface area contributed by atoms with Gasteiger partial charge in [0.15, 0.2) is 6.61 Å². The lowest BCUT2D eigenvalue weighted by Gasteiger charge is -2.50. The fraction of sp³-hybridized carbons (Fsp3) is 0.510. The number of aryl methyl sites for hydroxylation is 1. The zero-order valence-electron chi connectivity index (χ0n) is 37.2. The number of nitrogens with one attached hydrogen (secondary N) is 5. The summed E-state index contributed by atoms with van der Waals surface area (Å²) in [6.07, 6.45) is 6.21. The number of fused-ring (bicyclic) bond motifs is 5. The minimum atomic E-state index is -1.12. The third-order valence-electron chi connectivity index (χ3n) is 13.4. The predicted octanol–water partition coefficient (Wildman–Crippen LogP) is 3.38. The zero-order valence-corrected chi connectivity index (χ0v) is 37.2. The Bertz CT molecular complexity index is 2130. The summed E-state index contributed by atoms with van der Waals surface area (Å²) >= 11 is 0. The number of aliphatic hydroxyl groups is 1. The van der Waals surface area contributed by atoms with Gasteiger partial charge >= 0.3 is 5.97 Å². The monoisotopic (exact) mass is 881 g/mol. The molecule has 2 saturated carbocycles. The molecule has 0 aliphatic heterocycles. The molecular weight excluding hydrogens is 819 g/mol. The minimum absolute atomic E-state index is 0.000415. The van der Waals surface area contributed by atoms with Gasteiger partial charge in [-0.15, -0.1) is 0 Å². The maximum Gasteiger partial charge on any atom is 0.328 e. The second kappa shape index (κ2) is 21.6. The number of phenolic OH excluding ortho intramolecular Hbond substituents is 1. The van der Waals surface area contributed by atoms with E-state index in [4.69, 9.17) is 9.47 Å². The number of ether oxygens (including phenoxy) is 2. The molecule has 64 heavy (non-hydrogen) atoms. The normalized spacial score (nSPS) is 22.3. The molecule has 0 spiro atoms. The van der Waals surface area contributed by atoms with Gasteiger partial charge in [-0.25, -0.2) is 4.79 Å². The smallest absolute Gasteiger partial charge is 0.328 e. The van der Waals surface area contributed by atoms with Crippen LogP contribution in [0.25, 0.3) is 0 Å². The first-order chi connectivity index (χ1) is 30.6. The molecule has 5 amide bonds. The molecule has 15 nitrogen and oxygen atoms in total. The number of carbonyl (C=O) groups is 6. The third kappa shape index (κ3) is 12.2. The van der Waals surface area contributed by atoms with Crippen molar-refractivity contribution in [2.24, 2.45) is 23.2 Å². The largest absolute Gasteiger partial charge is 0.508 e. The van der Waals surface area contributed by atoms with Gasteiger partial charge in [-0.05, 0) is 121 Å². The molecule has 0 radical (unpaired) electrons. The van der Waals surface area contributed by atoms with E-state index in [0.717, 1.165) is 44.1 Å². The molecule has 7 N–H and O–H groups in total. The van der Waals surface area contributed by atoms with Crippen LogP contribution in [0.15, 0.2) is 72.8 Å². The molecule has 0 aromatic heterocycles. The Morgan fingerprint density at radius 1 is 0.750 bits per heavy atom. The van der Waals surface area contributed by atoms with Crippen LogP contribution in [0.1, 0.15) is 87.5 Å². The van der Waals surface area contributed by atoms with Gasteiger partial charge < -0.3 is 46.3 Å². The van der Waals surface area contributed by atoms with Gasteiger partial charge in [0.2, 0.25) is 23.6 Å². The van der Waals surface area contributed by atoms with Gasteiger partial charge in [-0.3, -0.25) is 24.0 Å². The number of hydrogen-bond acceptors (Lipinski definition) is 10. The van der Waals surface area contributed by atoms with Crippen LogP contribution in [0.4, 0.5) is 0 Å². The van der Waals surface area contributed by atoms with Gasteiger partial charge in [0, 0.05) is 12.8 Å². The molecule has 344 valence electrons. The molecule has 8 atom stereocenters. The highest BCUT2D eigenvalue weighted by Gasteiger charge is 2.54. The van der Waals surface area contributed by atoms with Crippen LogP contribution >= 0.6 is 0 Å². The molecule has 15 heteroatoms. The highest BCUT2D eigenvalue weighted by atomic mass is 16.5. The van der Waals surface area contributed by atoms with Gasteiger partial charge in [0.1, 0.15) is 29.6 Å². The molecule has 3 aromatic rings. The molecule has 3 aliphatic rings. The number of carbonyl (C=O) groups excluding carboxylic acids is 6. The predicted molar refractivity (Wildman–Crippen MR) is 238 cm³/mol. The number of benzene rings is 3. The summed E-state index contributed by atoms with van der Waals surface area (Å²) in [5.41, 5.74) is 3.93. The topological polar surface area (TPSA) is 221 Å². The van der Waals surface area contributed by atoms with Crippen LogP contribution in [0.2, 0.25) is 0 Å². The van der Waals surface area contributed by atoms with Crippen LogP contribution in [0, 0.1) is 23.2 Å². The van der Waals surface area contributed by atoms with E-state index < -0.39 is 66.7 Å². The van der Waals surface area contributed by atoms with Crippen LogP contribution < -0.4 is 31.3 Å². The fourth-order valence-electron chi connectivity index (χ4n) is 10.0. The van der Waals surface area contributed by atoms with Crippen molar-refractivity contribution < 1.29 is 48.5 Å². The number of aliphatic hydroxyl groups excluding tert-OH is 1. The molecule has 0 bridgehead atoms. The molecule has 0 saturated heterocycles. The van der Waals surface area contributed by atoms with Crippen molar-refractivity contribution in [3.63, 3.8) is 0 Å². The molecule has 2 fully saturated rings. The minimum Gasteiger partial charge on any atom is -0.508 e. The van der Waals surface area contributed by atoms with Gasteiger partial charge in [-0.1, -0.05) is 69.3 Å². The second-order valence-corrected chi connectivity index (χ2v) is 18.2. The maximum atomic E-state index is 13.5. The second-order valence-electron chi connectivity index (χ2n) is 18.2. The molecule has 3 aliphatic carbocycles. The quantitative estimate of drug-likeness (QED) is 0.0871. The lowest BCUT2D eigenvalue weighted by Crippen LogP contribution is -2.54. The third-order valence-corrected chi connectivity index (χ3v) is 13.4. The first kappa shape index (κ1) is 47.5. The molecule has 0 unspecified atom stereocenters. The van der Waals surface area contributed by atoms with Crippen molar-refractivity contribution in [1.29, 1.82) is 0 Å². The summed E-state index contributed by atoms with van der Waals surface area (Å²) in [6.45, 7) is 4.66. The number of aromatic hydroxyl groups is 1. The van der Waals surface area contributed by atoms with Crippen molar-refractivity contribution in [3.8, 4) is 11.5 Å². The summed E-state index contributed by atoms with van der Waals surface area (Å²) in [5.74, 6) is -1.64. The maximum absolute atomic E-state index is 13.5. The summed E-state index contributed by atoms with van der Waals surface area (Å²) in [5, 5.41) is 33.6. The Kier molecular flexibility index (Phi) is 16.0. The van der Waals surface area contributed by atoms with E-state index in [1.54, 1.807) is 36.4 Å². The highest BCUT2D eigenvalue weighted by molar-refractivity contribution is 5.94. The van der Waals surface area contributed by atoms with E-state index in [-0.39, 0.29) is 42.6 Å². The van der Waals surface area contributed by atoms with Gasteiger partial charge in [0.25, 0.3) is 5.91 Å². The van der Waals surface area contributed by atoms with E-state index in [1.165, 1.54) is 30.4 Å². The summed E-state index contributed by atoms with van der Waals surface area (Å²) in [6, 6.07) is 18.0. The first-order valence-corrected chi connectivity index (χ1v) is 22.4. The van der Waals surface area contributed by atoms with E-state index in [2.05, 4.69) is 39.6 Å². The van der Waals surface area contributed by atoms with Crippen molar-refractivity contribution in [3.05, 3.63) is 95.1 Å². The zero-order chi connectivity index (χ0) is 46.0. The lowest BCUT2D eigenvalue weighted by atomic mass is 9.55. The molecular formula is C49H63N5O10. The van der Waals surface area contributed by atoms with E-state index in [1.807, 2.05) is 32.0 Å². The number of esters is 1. The molecule has 3 aromatic carbocycles.